The fourth-order valence-electron chi connectivity index (χ4n) is 3.70. The number of aryl methyl sites for hydroxylation is 1. The third-order valence-corrected chi connectivity index (χ3v) is 6.79. The molecule has 0 bridgehead atoms. The van der Waals surface area contributed by atoms with Gasteiger partial charge in [-0.1, -0.05) is 12.1 Å². The Labute approximate surface area is 181 Å². The van der Waals surface area contributed by atoms with Crippen molar-refractivity contribution >= 4 is 21.6 Å². The lowest BCUT2D eigenvalue weighted by Gasteiger charge is -2.20. The monoisotopic (exact) mass is 440 g/mol. The van der Waals surface area contributed by atoms with E-state index < -0.39 is 16.1 Å². The molecule has 2 aromatic carbocycles. The molecule has 1 fully saturated rings. The van der Waals surface area contributed by atoms with Crippen LogP contribution in [-0.2, 0) is 21.9 Å². The average Bonchev–Trinajstić information content (AvgIpc) is 3.40. The summed E-state index contributed by atoms with van der Waals surface area (Å²) in [6, 6.07) is 12.9. The molecule has 1 aromatic heterocycles. The summed E-state index contributed by atoms with van der Waals surface area (Å²) in [4.78, 5) is 18.1. The zero-order valence-corrected chi connectivity index (χ0v) is 18.2. The van der Waals surface area contributed by atoms with Crippen LogP contribution in [0.3, 0.4) is 0 Å². The number of nitrogens with one attached hydrogen (secondary N) is 1. The van der Waals surface area contributed by atoms with Crippen LogP contribution in [0, 0.1) is 0 Å². The molecule has 4 rings (SSSR count). The zero-order chi connectivity index (χ0) is 22.0. The van der Waals surface area contributed by atoms with Crippen molar-refractivity contribution in [3.63, 3.8) is 0 Å². The quantitative estimate of drug-likeness (QED) is 0.610. The minimum atomic E-state index is -3.87. The van der Waals surface area contributed by atoms with Gasteiger partial charge in [-0.2, -0.15) is 4.72 Å². The molecule has 8 nitrogen and oxygen atoms in total. The zero-order valence-electron chi connectivity index (χ0n) is 17.4. The lowest BCUT2D eigenvalue weighted by molar-refractivity contribution is -0.117. The predicted octanol–water partition coefficient (Wildman–Crippen LogP) is 2.62. The summed E-state index contributed by atoms with van der Waals surface area (Å²) < 4.78 is 36.3. The number of anilines is 1. The molecule has 1 amide bonds. The van der Waals surface area contributed by atoms with Crippen molar-refractivity contribution in [1.29, 1.82) is 0 Å². The largest absolute Gasteiger partial charge is 0.497 e. The number of hydrogen-bond acceptors (Lipinski definition) is 5. The first-order chi connectivity index (χ1) is 14.9. The number of ether oxygens (including phenoxy) is 1. The SMILES string of the molecule is COc1cccc(C(NS(=O)(=O)c2ccc(N3CCCC3=O)cc2)c2nccn2C)c1. The van der Waals surface area contributed by atoms with E-state index in [2.05, 4.69) is 9.71 Å². The molecule has 1 aliphatic rings. The first kappa shape index (κ1) is 21.1. The number of rotatable bonds is 7. The first-order valence-corrected chi connectivity index (χ1v) is 11.4. The van der Waals surface area contributed by atoms with E-state index in [1.54, 1.807) is 59.3 Å². The summed E-state index contributed by atoms with van der Waals surface area (Å²) in [6.07, 6.45) is 4.72. The average molecular weight is 441 g/mol. The molecule has 2 heterocycles. The van der Waals surface area contributed by atoms with E-state index in [4.69, 9.17) is 4.74 Å². The van der Waals surface area contributed by atoms with Gasteiger partial charge >= 0.3 is 0 Å². The van der Waals surface area contributed by atoms with Crippen LogP contribution in [0.1, 0.15) is 30.3 Å². The number of methoxy groups -OCH3 is 1. The molecule has 0 radical (unpaired) electrons. The van der Waals surface area contributed by atoms with E-state index in [1.165, 1.54) is 12.1 Å². The van der Waals surface area contributed by atoms with E-state index in [-0.39, 0.29) is 10.8 Å². The van der Waals surface area contributed by atoms with Crippen molar-refractivity contribution in [1.82, 2.24) is 14.3 Å². The Morgan fingerprint density at radius 3 is 2.55 bits per heavy atom. The van der Waals surface area contributed by atoms with Crippen molar-refractivity contribution in [2.24, 2.45) is 7.05 Å². The van der Waals surface area contributed by atoms with Gasteiger partial charge in [-0.15, -0.1) is 0 Å². The molecule has 1 aliphatic heterocycles. The number of benzene rings is 2. The van der Waals surface area contributed by atoms with Gasteiger partial charge in [0, 0.05) is 38.1 Å². The summed E-state index contributed by atoms with van der Waals surface area (Å²) in [5.41, 5.74) is 1.41. The van der Waals surface area contributed by atoms with Gasteiger partial charge in [0.1, 0.15) is 17.6 Å². The third kappa shape index (κ3) is 4.33. The smallest absolute Gasteiger partial charge is 0.241 e. The van der Waals surface area contributed by atoms with E-state index in [1.807, 2.05) is 13.1 Å². The van der Waals surface area contributed by atoms with Crippen LogP contribution < -0.4 is 14.4 Å². The summed E-state index contributed by atoms with van der Waals surface area (Å²) in [7, 11) is -0.499. The van der Waals surface area contributed by atoms with Crippen LogP contribution >= 0.6 is 0 Å². The molecule has 0 aliphatic carbocycles. The highest BCUT2D eigenvalue weighted by Crippen LogP contribution is 2.27. The lowest BCUT2D eigenvalue weighted by atomic mass is 10.1. The second kappa shape index (κ2) is 8.52. The molecular formula is C22H24N4O4S. The van der Waals surface area contributed by atoms with E-state index in [0.717, 1.165) is 6.42 Å². The Morgan fingerprint density at radius 1 is 1.16 bits per heavy atom. The van der Waals surface area contributed by atoms with Crippen LogP contribution in [-0.4, -0.2) is 37.5 Å². The summed E-state index contributed by atoms with van der Waals surface area (Å²) >= 11 is 0. The van der Waals surface area contributed by atoms with E-state index >= 15 is 0 Å². The molecule has 0 saturated carbocycles. The van der Waals surface area contributed by atoms with Crippen LogP contribution in [0.15, 0.2) is 65.8 Å². The van der Waals surface area contributed by atoms with Crippen molar-refractivity contribution < 1.29 is 17.9 Å². The molecule has 3 aromatic rings. The standard InChI is InChI=1S/C22H24N4O4S/c1-25-14-12-23-22(25)21(16-5-3-6-18(15-16)30-2)24-31(28,29)19-10-8-17(9-11-19)26-13-4-7-20(26)27/h3,5-6,8-12,14-15,21,24H,4,7,13H2,1-2H3. The molecule has 1 unspecified atom stereocenters. The predicted molar refractivity (Wildman–Crippen MR) is 116 cm³/mol. The second-order valence-corrected chi connectivity index (χ2v) is 9.08. The Hall–Kier alpha value is -3.17. The Balaban J connectivity index is 1.65. The minimum absolute atomic E-state index is 0.0570. The van der Waals surface area contributed by atoms with Crippen LogP contribution in [0.4, 0.5) is 5.69 Å². The number of carbonyl (C=O) groups is 1. The highest BCUT2D eigenvalue weighted by atomic mass is 32.2. The van der Waals surface area contributed by atoms with Gasteiger partial charge in [-0.05, 0) is 48.4 Å². The van der Waals surface area contributed by atoms with Gasteiger partial charge in [-0.3, -0.25) is 4.79 Å². The number of hydrogen-bond donors (Lipinski definition) is 1. The maximum absolute atomic E-state index is 13.2. The van der Waals surface area contributed by atoms with Gasteiger partial charge in [-0.25, -0.2) is 13.4 Å². The van der Waals surface area contributed by atoms with E-state index in [0.29, 0.717) is 35.8 Å². The van der Waals surface area contributed by atoms with Gasteiger partial charge in [0.15, 0.2) is 0 Å². The minimum Gasteiger partial charge on any atom is -0.497 e. The highest BCUT2D eigenvalue weighted by molar-refractivity contribution is 7.89. The van der Waals surface area contributed by atoms with Crippen molar-refractivity contribution in [3.8, 4) is 5.75 Å². The molecule has 31 heavy (non-hydrogen) atoms. The third-order valence-electron chi connectivity index (χ3n) is 5.35. The number of amides is 1. The number of carbonyl (C=O) groups excluding carboxylic acids is 1. The Kier molecular flexibility index (Phi) is 5.79. The number of nitrogens with zero attached hydrogens (tertiary/aromatic N) is 3. The molecule has 9 heteroatoms. The summed E-state index contributed by atoms with van der Waals surface area (Å²) in [5.74, 6) is 1.23. The van der Waals surface area contributed by atoms with Crippen LogP contribution in [0.2, 0.25) is 0 Å². The van der Waals surface area contributed by atoms with Crippen molar-refractivity contribution in [3.05, 3.63) is 72.3 Å². The second-order valence-electron chi connectivity index (χ2n) is 7.37. The number of sulfonamides is 1. The fraction of sp³-hybridized carbons (Fsp3) is 0.273. The molecular weight excluding hydrogens is 416 g/mol. The number of aromatic nitrogens is 2. The van der Waals surface area contributed by atoms with Gasteiger partial charge < -0.3 is 14.2 Å². The van der Waals surface area contributed by atoms with Gasteiger partial charge in [0.2, 0.25) is 15.9 Å². The maximum atomic E-state index is 13.2. The van der Waals surface area contributed by atoms with Crippen LogP contribution in [0.25, 0.3) is 0 Å². The summed E-state index contributed by atoms with van der Waals surface area (Å²) in [6.45, 7) is 0.653. The van der Waals surface area contributed by atoms with Crippen molar-refractivity contribution in [2.75, 3.05) is 18.6 Å². The normalized spacial score (nSPS) is 15.3. The fourth-order valence-corrected chi connectivity index (χ4v) is 4.88. The molecule has 162 valence electrons. The first-order valence-electron chi connectivity index (χ1n) is 9.93. The maximum Gasteiger partial charge on any atom is 0.241 e. The highest BCUT2D eigenvalue weighted by Gasteiger charge is 2.27. The molecule has 1 atom stereocenters. The Morgan fingerprint density at radius 2 is 1.94 bits per heavy atom. The number of imidazole rings is 1. The molecule has 1 N–H and O–H groups in total. The summed E-state index contributed by atoms with van der Waals surface area (Å²) in [5, 5.41) is 0. The molecule has 1 saturated heterocycles. The Bertz CT molecular complexity index is 1190. The van der Waals surface area contributed by atoms with Gasteiger partial charge in [0.25, 0.3) is 0 Å². The lowest BCUT2D eigenvalue weighted by Crippen LogP contribution is -2.31. The molecule has 0 spiro atoms. The van der Waals surface area contributed by atoms with Crippen LogP contribution in [0.5, 0.6) is 5.75 Å². The van der Waals surface area contributed by atoms with Crippen molar-refractivity contribution in [2.45, 2.75) is 23.8 Å². The van der Waals surface area contributed by atoms with Gasteiger partial charge in [0.05, 0.1) is 12.0 Å². The van der Waals surface area contributed by atoms with E-state index in [9.17, 15) is 13.2 Å². The topological polar surface area (TPSA) is 93.5 Å².